The third-order valence-corrected chi connectivity index (χ3v) is 4.50. The van der Waals surface area contributed by atoms with Gasteiger partial charge in [-0.3, -0.25) is 14.8 Å². The first-order valence-electron chi connectivity index (χ1n) is 7.20. The Labute approximate surface area is 143 Å². The number of hydrogen-bond donors (Lipinski definition) is 1. The van der Waals surface area contributed by atoms with Gasteiger partial charge in [0.05, 0.1) is 10.6 Å². The summed E-state index contributed by atoms with van der Waals surface area (Å²) in [5, 5.41) is 14.3. The number of nitrogens with zero attached hydrogens (tertiary/aromatic N) is 4. The molecule has 0 atom stereocenters. The van der Waals surface area contributed by atoms with Crippen LogP contribution in [0.3, 0.4) is 0 Å². The predicted molar refractivity (Wildman–Crippen MR) is 88.7 cm³/mol. The highest BCUT2D eigenvalue weighted by atomic mass is 32.2. The Hall–Kier alpha value is -3.01. The van der Waals surface area contributed by atoms with Crippen molar-refractivity contribution in [2.75, 3.05) is 11.6 Å². The molecule has 0 spiro atoms. The van der Waals surface area contributed by atoms with Gasteiger partial charge in [-0.2, -0.15) is 5.10 Å². The van der Waals surface area contributed by atoms with E-state index < -0.39 is 15.7 Å². The maximum atomic E-state index is 12.3. The summed E-state index contributed by atoms with van der Waals surface area (Å²) in [4.78, 5) is 12.3. The van der Waals surface area contributed by atoms with Crippen molar-refractivity contribution in [2.45, 2.75) is 11.8 Å². The first-order chi connectivity index (χ1) is 11.7. The molecule has 1 aromatic carbocycles. The summed E-state index contributed by atoms with van der Waals surface area (Å²) >= 11 is 0. The largest absolute Gasteiger partial charge is 0.401 e. The molecule has 1 amide bonds. The summed E-state index contributed by atoms with van der Waals surface area (Å²) in [5.41, 5.74) is 1.57. The van der Waals surface area contributed by atoms with Crippen LogP contribution in [-0.2, 0) is 16.9 Å². The van der Waals surface area contributed by atoms with E-state index in [0.717, 1.165) is 11.9 Å². The molecular weight excluding hydrogens is 346 g/mol. The van der Waals surface area contributed by atoms with Gasteiger partial charge in [-0.25, -0.2) is 8.42 Å². The molecule has 0 aliphatic rings. The van der Waals surface area contributed by atoms with Crippen molar-refractivity contribution in [3.63, 3.8) is 0 Å². The van der Waals surface area contributed by atoms with E-state index >= 15 is 0 Å². The van der Waals surface area contributed by atoms with Crippen molar-refractivity contribution in [1.82, 2.24) is 20.0 Å². The summed E-state index contributed by atoms with van der Waals surface area (Å²) < 4.78 is 30.2. The molecule has 0 unspecified atom stereocenters. The van der Waals surface area contributed by atoms with Gasteiger partial charge in [0.15, 0.2) is 9.84 Å². The summed E-state index contributed by atoms with van der Waals surface area (Å²) in [5.74, 6) is -0.342. The third-order valence-electron chi connectivity index (χ3n) is 3.39. The number of carbonyl (C=O) groups excluding carboxylic acids is 1. The first-order valence-corrected chi connectivity index (χ1v) is 9.09. The van der Waals surface area contributed by atoms with E-state index in [1.165, 1.54) is 24.3 Å². The minimum absolute atomic E-state index is 0.0525. The molecule has 3 rings (SSSR count). The number of rotatable bonds is 4. The molecule has 25 heavy (non-hydrogen) atoms. The van der Waals surface area contributed by atoms with E-state index in [1.807, 2.05) is 6.92 Å². The van der Waals surface area contributed by atoms with Crippen molar-refractivity contribution in [2.24, 2.45) is 7.05 Å². The lowest BCUT2D eigenvalue weighted by Gasteiger charge is -2.03. The molecule has 0 bridgehead atoms. The van der Waals surface area contributed by atoms with Crippen LogP contribution in [0, 0.1) is 6.92 Å². The molecule has 9 nitrogen and oxygen atoms in total. The highest BCUT2D eigenvalue weighted by Crippen LogP contribution is 2.20. The number of aromatic nitrogens is 4. The highest BCUT2D eigenvalue weighted by molar-refractivity contribution is 7.90. The van der Waals surface area contributed by atoms with E-state index in [9.17, 15) is 13.2 Å². The van der Waals surface area contributed by atoms with Gasteiger partial charge in [-0.05, 0) is 31.2 Å². The molecule has 0 saturated heterocycles. The molecule has 2 heterocycles. The minimum Gasteiger partial charge on any atom is -0.401 e. The van der Waals surface area contributed by atoms with Gasteiger partial charge in [0, 0.05) is 18.9 Å². The number of carbonyl (C=O) groups is 1. The standard InChI is InChI=1S/C15H15N5O4S/c1-9-7-12(20(2)19-9)14-17-18-15(24-14)16-13(21)10-5-4-6-11(8-10)25(3,22)23/h4-8H,1-3H3,(H,16,18,21). The SMILES string of the molecule is Cc1cc(-c2nnc(NC(=O)c3cccc(S(C)(=O)=O)c3)o2)n(C)n1. The van der Waals surface area contributed by atoms with Crippen LogP contribution in [0.4, 0.5) is 6.01 Å². The topological polar surface area (TPSA) is 120 Å². The molecule has 0 radical (unpaired) electrons. The van der Waals surface area contributed by atoms with Gasteiger partial charge in [-0.1, -0.05) is 11.2 Å². The maximum Gasteiger partial charge on any atom is 0.322 e. The number of aryl methyl sites for hydroxylation is 2. The average molecular weight is 361 g/mol. The van der Waals surface area contributed by atoms with Crippen LogP contribution in [-0.4, -0.2) is 40.6 Å². The van der Waals surface area contributed by atoms with Crippen molar-refractivity contribution in [1.29, 1.82) is 0 Å². The quantitative estimate of drug-likeness (QED) is 0.746. The van der Waals surface area contributed by atoms with Crippen LogP contribution in [0.1, 0.15) is 16.1 Å². The molecule has 1 N–H and O–H groups in total. The molecule has 130 valence electrons. The lowest BCUT2D eigenvalue weighted by atomic mass is 10.2. The molecule has 10 heteroatoms. The van der Waals surface area contributed by atoms with Gasteiger partial charge < -0.3 is 4.42 Å². The Morgan fingerprint density at radius 3 is 2.64 bits per heavy atom. The van der Waals surface area contributed by atoms with Crippen molar-refractivity contribution in [3.8, 4) is 11.6 Å². The normalized spacial score (nSPS) is 11.5. The van der Waals surface area contributed by atoms with Gasteiger partial charge in [-0.15, -0.1) is 5.10 Å². The van der Waals surface area contributed by atoms with Crippen molar-refractivity contribution < 1.29 is 17.6 Å². The molecule has 0 aliphatic heterocycles. The zero-order chi connectivity index (χ0) is 18.2. The zero-order valence-corrected chi connectivity index (χ0v) is 14.5. The molecule has 2 aromatic heterocycles. The monoisotopic (exact) mass is 361 g/mol. The van der Waals surface area contributed by atoms with Crippen LogP contribution >= 0.6 is 0 Å². The Balaban J connectivity index is 1.82. The zero-order valence-electron chi connectivity index (χ0n) is 13.7. The van der Waals surface area contributed by atoms with E-state index in [1.54, 1.807) is 17.8 Å². The van der Waals surface area contributed by atoms with Gasteiger partial charge in [0.2, 0.25) is 0 Å². The van der Waals surface area contributed by atoms with E-state index in [-0.39, 0.29) is 22.4 Å². The maximum absolute atomic E-state index is 12.3. The lowest BCUT2D eigenvalue weighted by Crippen LogP contribution is -2.13. The van der Waals surface area contributed by atoms with E-state index in [2.05, 4.69) is 20.6 Å². The Bertz CT molecular complexity index is 1050. The second-order valence-electron chi connectivity index (χ2n) is 5.46. The van der Waals surface area contributed by atoms with E-state index in [4.69, 9.17) is 4.42 Å². The fourth-order valence-electron chi connectivity index (χ4n) is 2.23. The van der Waals surface area contributed by atoms with Crippen LogP contribution in [0.2, 0.25) is 0 Å². The molecule has 0 fully saturated rings. The molecule has 0 aliphatic carbocycles. The van der Waals surface area contributed by atoms with E-state index in [0.29, 0.717) is 5.69 Å². The minimum atomic E-state index is -3.41. The first kappa shape index (κ1) is 16.8. The van der Waals surface area contributed by atoms with Crippen LogP contribution in [0.5, 0.6) is 0 Å². The summed E-state index contributed by atoms with van der Waals surface area (Å²) in [6.45, 7) is 1.83. The highest BCUT2D eigenvalue weighted by Gasteiger charge is 2.17. The molecular formula is C15H15N5O4S. The predicted octanol–water partition coefficient (Wildman–Crippen LogP) is 1.43. The van der Waals surface area contributed by atoms with Crippen LogP contribution < -0.4 is 5.32 Å². The number of anilines is 1. The number of hydrogen-bond acceptors (Lipinski definition) is 7. The fourth-order valence-corrected chi connectivity index (χ4v) is 2.89. The lowest BCUT2D eigenvalue weighted by molar-refractivity contribution is 0.102. The summed E-state index contributed by atoms with van der Waals surface area (Å²) in [6, 6.07) is 7.36. The van der Waals surface area contributed by atoms with Crippen LogP contribution in [0.25, 0.3) is 11.6 Å². The Morgan fingerprint density at radius 2 is 2.00 bits per heavy atom. The summed E-state index contributed by atoms with van der Waals surface area (Å²) in [6.07, 6.45) is 1.07. The third kappa shape index (κ3) is 3.58. The molecule has 3 aromatic rings. The number of amides is 1. The second kappa shape index (κ2) is 6.13. The second-order valence-corrected chi connectivity index (χ2v) is 7.48. The van der Waals surface area contributed by atoms with Crippen molar-refractivity contribution in [3.05, 3.63) is 41.6 Å². The average Bonchev–Trinajstić information content (AvgIpc) is 3.12. The fraction of sp³-hybridized carbons (Fsp3) is 0.200. The number of benzene rings is 1. The van der Waals surface area contributed by atoms with Crippen LogP contribution in [0.15, 0.2) is 39.6 Å². The Morgan fingerprint density at radius 1 is 1.24 bits per heavy atom. The Kier molecular flexibility index (Phi) is 4.13. The molecule has 0 saturated carbocycles. The smallest absolute Gasteiger partial charge is 0.322 e. The van der Waals surface area contributed by atoms with Crippen molar-refractivity contribution >= 4 is 21.8 Å². The van der Waals surface area contributed by atoms with Gasteiger partial charge in [0.25, 0.3) is 11.8 Å². The number of nitrogens with one attached hydrogen (secondary N) is 1. The van der Waals surface area contributed by atoms with Gasteiger partial charge in [0.1, 0.15) is 5.69 Å². The number of sulfone groups is 1. The summed E-state index contributed by atoms with van der Waals surface area (Å²) in [7, 11) is -1.67. The van der Waals surface area contributed by atoms with Gasteiger partial charge >= 0.3 is 6.01 Å².